The molecule has 0 spiro atoms. The SMILES string of the molecule is CCCCCOC(=O)CNC(=O)[C@H](CSCc1ccc(Br)cc1)NC(=O)CC[C@H](N)C(=O)OCCCCC. The van der Waals surface area contributed by atoms with Crippen LogP contribution >= 0.6 is 27.7 Å². The Bertz CT molecular complexity index is 856. The monoisotopic (exact) mass is 615 g/mol. The molecule has 0 radical (unpaired) electrons. The Hall–Kier alpha value is -2.11. The molecule has 0 heterocycles. The molecule has 0 saturated carbocycles. The number of ether oxygens (including phenoxy) is 2. The number of rotatable bonds is 20. The minimum atomic E-state index is -0.913. The second kappa shape index (κ2) is 20.8. The van der Waals surface area contributed by atoms with E-state index >= 15 is 0 Å². The first-order valence-corrected chi connectivity index (χ1v) is 15.2. The van der Waals surface area contributed by atoms with E-state index in [-0.39, 0.29) is 19.4 Å². The summed E-state index contributed by atoms with van der Waals surface area (Å²) in [5.74, 6) is -1.01. The highest BCUT2D eigenvalue weighted by Crippen LogP contribution is 2.17. The second-order valence-corrected chi connectivity index (χ2v) is 10.9. The van der Waals surface area contributed by atoms with Gasteiger partial charge >= 0.3 is 11.9 Å². The van der Waals surface area contributed by atoms with Crippen molar-refractivity contribution in [3.05, 3.63) is 34.3 Å². The lowest BCUT2D eigenvalue weighted by molar-refractivity contribution is -0.145. The Morgan fingerprint density at radius 2 is 1.61 bits per heavy atom. The molecule has 38 heavy (non-hydrogen) atoms. The molecule has 1 aromatic carbocycles. The van der Waals surface area contributed by atoms with Gasteiger partial charge in [0.15, 0.2) is 0 Å². The van der Waals surface area contributed by atoms with Crippen molar-refractivity contribution < 1.29 is 28.7 Å². The van der Waals surface area contributed by atoms with Gasteiger partial charge in [0.25, 0.3) is 0 Å². The standard InChI is InChI=1S/C27H42BrN3O6S/c1-3-5-7-15-36-25(33)17-30-26(34)23(19-38-18-20-9-11-21(28)12-10-20)31-24(32)14-13-22(29)27(35)37-16-8-6-4-2/h9-12,22-23H,3-8,13-19,29H2,1-2H3,(H,30,34)(H,31,32)/t22-,23-/m0/s1. The predicted octanol–water partition coefficient (Wildman–Crippen LogP) is 3.86. The van der Waals surface area contributed by atoms with Gasteiger partial charge in [-0.3, -0.25) is 19.2 Å². The summed E-state index contributed by atoms with van der Waals surface area (Å²) in [5, 5.41) is 5.27. The van der Waals surface area contributed by atoms with Gasteiger partial charge in [-0.1, -0.05) is 67.6 Å². The summed E-state index contributed by atoms with van der Waals surface area (Å²) in [6.07, 6.45) is 5.56. The number of halogens is 1. The zero-order valence-electron chi connectivity index (χ0n) is 22.5. The van der Waals surface area contributed by atoms with Crippen LogP contribution in [-0.4, -0.2) is 61.3 Å². The number of benzene rings is 1. The van der Waals surface area contributed by atoms with Crippen molar-refractivity contribution >= 4 is 51.4 Å². The van der Waals surface area contributed by atoms with Crippen LogP contribution in [0, 0.1) is 0 Å². The highest BCUT2D eigenvalue weighted by atomic mass is 79.9. The molecule has 0 unspecified atom stereocenters. The average molecular weight is 617 g/mol. The average Bonchev–Trinajstić information content (AvgIpc) is 2.91. The van der Waals surface area contributed by atoms with E-state index in [2.05, 4.69) is 40.4 Å². The van der Waals surface area contributed by atoms with Crippen molar-refractivity contribution in [2.75, 3.05) is 25.5 Å². The Balaban J connectivity index is 2.58. The number of thioether (sulfide) groups is 1. The summed E-state index contributed by atoms with van der Waals surface area (Å²) in [5.41, 5.74) is 6.95. The molecule has 0 aliphatic carbocycles. The molecule has 0 aromatic heterocycles. The molecule has 1 rings (SSSR count). The lowest BCUT2D eigenvalue weighted by Gasteiger charge is -2.19. The maximum Gasteiger partial charge on any atom is 0.325 e. The van der Waals surface area contributed by atoms with E-state index in [0.29, 0.717) is 24.7 Å². The zero-order chi connectivity index (χ0) is 28.2. The van der Waals surface area contributed by atoms with Gasteiger partial charge in [-0.25, -0.2) is 0 Å². The van der Waals surface area contributed by atoms with Crippen LogP contribution in [0.5, 0.6) is 0 Å². The number of esters is 2. The van der Waals surface area contributed by atoms with E-state index in [1.165, 1.54) is 11.8 Å². The van der Waals surface area contributed by atoms with E-state index in [9.17, 15) is 19.2 Å². The normalized spacial score (nSPS) is 12.3. The zero-order valence-corrected chi connectivity index (χ0v) is 24.9. The first-order valence-electron chi connectivity index (χ1n) is 13.2. The molecule has 9 nitrogen and oxygen atoms in total. The van der Waals surface area contributed by atoms with Crippen molar-refractivity contribution in [2.24, 2.45) is 5.73 Å². The lowest BCUT2D eigenvalue weighted by atomic mass is 10.1. The Kier molecular flexibility index (Phi) is 18.6. The van der Waals surface area contributed by atoms with E-state index in [1.807, 2.05) is 24.3 Å². The second-order valence-electron chi connectivity index (χ2n) is 8.93. The van der Waals surface area contributed by atoms with E-state index < -0.39 is 35.8 Å². The van der Waals surface area contributed by atoms with Gasteiger partial charge in [-0.15, -0.1) is 0 Å². The minimum absolute atomic E-state index is 0.0359. The molecule has 0 aliphatic rings. The van der Waals surface area contributed by atoms with Gasteiger partial charge in [0.1, 0.15) is 18.6 Å². The van der Waals surface area contributed by atoms with Gasteiger partial charge in [-0.05, 0) is 37.0 Å². The summed E-state index contributed by atoms with van der Waals surface area (Å²) < 4.78 is 11.2. The predicted molar refractivity (Wildman–Crippen MR) is 153 cm³/mol. The molecule has 1 aromatic rings. The third-order valence-electron chi connectivity index (χ3n) is 5.51. The molecule has 0 fully saturated rings. The van der Waals surface area contributed by atoms with Gasteiger partial charge in [0.2, 0.25) is 11.8 Å². The number of nitrogens with two attached hydrogens (primary N) is 1. The van der Waals surface area contributed by atoms with Gasteiger partial charge in [0, 0.05) is 22.4 Å². The van der Waals surface area contributed by atoms with Gasteiger partial charge in [0.05, 0.1) is 13.2 Å². The fourth-order valence-corrected chi connectivity index (χ4v) is 4.51. The topological polar surface area (TPSA) is 137 Å². The fraction of sp³-hybridized carbons (Fsp3) is 0.630. The summed E-state index contributed by atoms with van der Waals surface area (Å²) in [7, 11) is 0. The molecule has 2 atom stereocenters. The van der Waals surface area contributed by atoms with Crippen molar-refractivity contribution in [1.29, 1.82) is 0 Å². The van der Waals surface area contributed by atoms with Crippen molar-refractivity contribution in [2.45, 2.75) is 83.1 Å². The molecule has 0 bridgehead atoms. The number of carbonyl (C=O) groups excluding carboxylic acids is 4. The Morgan fingerprint density at radius 1 is 0.974 bits per heavy atom. The summed E-state index contributed by atoms with van der Waals surface area (Å²) in [4.78, 5) is 49.4. The number of carbonyl (C=O) groups is 4. The summed E-state index contributed by atoms with van der Waals surface area (Å²) in [6.45, 7) is 4.46. The number of unbranched alkanes of at least 4 members (excludes halogenated alkanes) is 4. The van der Waals surface area contributed by atoms with E-state index in [1.54, 1.807) is 0 Å². The van der Waals surface area contributed by atoms with Crippen molar-refractivity contribution in [3.8, 4) is 0 Å². The molecule has 11 heteroatoms. The minimum Gasteiger partial charge on any atom is -0.465 e. The third-order valence-corrected chi connectivity index (χ3v) is 7.15. The third kappa shape index (κ3) is 16.0. The number of hydrogen-bond donors (Lipinski definition) is 3. The molecule has 214 valence electrons. The molecule has 0 aliphatic heterocycles. The van der Waals surface area contributed by atoms with Crippen LogP contribution in [0.15, 0.2) is 28.7 Å². The van der Waals surface area contributed by atoms with Crippen molar-refractivity contribution in [3.63, 3.8) is 0 Å². The van der Waals surface area contributed by atoms with E-state index in [0.717, 1.165) is 48.6 Å². The highest BCUT2D eigenvalue weighted by molar-refractivity contribution is 9.10. The lowest BCUT2D eigenvalue weighted by Crippen LogP contribution is -2.49. The van der Waals surface area contributed by atoms with Crippen LogP contribution in [0.1, 0.15) is 70.8 Å². The van der Waals surface area contributed by atoms with E-state index in [4.69, 9.17) is 15.2 Å². The fourth-order valence-electron chi connectivity index (χ4n) is 3.23. The smallest absolute Gasteiger partial charge is 0.325 e. The van der Waals surface area contributed by atoms with Crippen LogP contribution < -0.4 is 16.4 Å². The molecule has 0 saturated heterocycles. The maximum atomic E-state index is 12.8. The van der Waals surface area contributed by atoms with Crippen molar-refractivity contribution in [1.82, 2.24) is 10.6 Å². The number of hydrogen-bond acceptors (Lipinski definition) is 8. The maximum absolute atomic E-state index is 12.8. The molecule has 4 N–H and O–H groups in total. The number of nitrogens with one attached hydrogen (secondary N) is 2. The summed E-state index contributed by atoms with van der Waals surface area (Å²) in [6, 6.07) is 6.04. The quantitative estimate of drug-likeness (QED) is 0.149. The Labute approximate surface area is 238 Å². The van der Waals surface area contributed by atoms with Crippen LogP contribution in [0.3, 0.4) is 0 Å². The molecular weight excluding hydrogens is 574 g/mol. The van der Waals surface area contributed by atoms with Crippen LogP contribution in [0.25, 0.3) is 0 Å². The first-order chi connectivity index (χ1) is 18.3. The summed E-state index contributed by atoms with van der Waals surface area (Å²) >= 11 is 4.89. The van der Waals surface area contributed by atoms with Crippen LogP contribution in [0.2, 0.25) is 0 Å². The molecular formula is C27H42BrN3O6S. The number of amides is 2. The Morgan fingerprint density at radius 3 is 2.24 bits per heavy atom. The highest BCUT2D eigenvalue weighted by Gasteiger charge is 2.23. The van der Waals surface area contributed by atoms with Gasteiger partial charge < -0.3 is 25.8 Å². The van der Waals surface area contributed by atoms with Crippen LogP contribution in [0.4, 0.5) is 0 Å². The van der Waals surface area contributed by atoms with Gasteiger partial charge in [-0.2, -0.15) is 11.8 Å². The molecule has 2 amide bonds. The van der Waals surface area contributed by atoms with Crippen LogP contribution in [-0.2, 0) is 34.4 Å². The largest absolute Gasteiger partial charge is 0.465 e. The first kappa shape index (κ1) is 33.9.